The van der Waals surface area contributed by atoms with Crippen molar-refractivity contribution < 1.29 is 26.9 Å². The summed E-state index contributed by atoms with van der Waals surface area (Å²) in [6, 6.07) is 19.0. The monoisotopic (exact) mass is 478 g/mol. The van der Waals surface area contributed by atoms with Crippen molar-refractivity contribution in [3.63, 3.8) is 0 Å². The van der Waals surface area contributed by atoms with E-state index in [0.717, 1.165) is 5.56 Å². The maximum absolute atomic E-state index is 12.8. The number of anilines is 1. The predicted octanol–water partition coefficient (Wildman–Crippen LogP) is 4.33. The van der Waals surface area contributed by atoms with Crippen LogP contribution in [-0.2, 0) is 14.9 Å². The molecule has 0 atom stereocenters. The first-order valence-electron chi connectivity index (χ1n) is 10.0. The van der Waals surface area contributed by atoms with Gasteiger partial charge in [0.15, 0.2) is 5.75 Å². The molecule has 0 unspecified atom stereocenters. The topological polar surface area (TPSA) is 115 Å². The molecule has 0 heterocycles. The second-order valence-corrected chi connectivity index (χ2v) is 8.65. The molecule has 3 aromatic carbocycles. The Kier molecular flexibility index (Phi) is 7.56. The van der Waals surface area contributed by atoms with E-state index in [4.69, 9.17) is 13.7 Å². The van der Waals surface area contributed by atoms with Gasteiger partial charge in [-0.15, -0.1) is 0 Å². The second-order valence-electron chi connectivity index (χ2n) is 7.11. The quantitative estimate of drug-likeness (QED) is 0.291. The molecule has 1 N–H and O–H groups in total. The molecule has 0 aliphatic rings. The van der Waals surface area contributed by atoms with Crippen LogP contribution in [0.25, 0.3) is 6.08 Å². The number of hydrogen-bond acceptors (Lipinski definition) is 7. The molecule has 3 aromatic rings. The number of amides is 1. The standard InChI is InChI=1S/C25H22N2O6S/c1-17-4-12-23(13-5-17)34(29,30)33-24-15-22(32-3)9-6-18(24)14-19(16-26)25(28)27-20-7-10-21(31-2)11-8-20/h4-15H,1-3H3,(H,27,28)/b19-14+. The van der Waals surface area contributed by atoms with Crippen LogP contribution in [0.2, 0.25) is 0 Å². The van der Waals surface area contributed by atoms with Crippen LogP contribution in [0.5, 0.6) is 17.2 Å². The van der Waals surface area contributed by atoms with Crippen molar-refractivity contribution in [2.45, 2.75) is 11.8 Å². The van der Waals surface area contributed by atoms with Gasteiger partial charge in [-0.2, -0.15) is 13.7 Å². The van der Waals surface area contributed by atoms with E-state index < -0.39 is 16.0 Å². The van der Waals surface area contributed by atoms with Gasteiger partial charge in [0, 0.05) is 17.3 Å². The zero-order chi connectivity index (χ0) is 24.7. The molecular formula is C25H22N2O6S. The average Bonchev–Trinajstić information content (AvgIpc) is 2.83. The number of carbonyl (C=O) groups is 1. The van der Waals surface area contributed by atoms with Crippen molar-refractivity contribution >= 4 is 27.8 Å². The fourth-order valence-electron chi connectivity index (χ4n) is 2.88. The molecule has 34 heavy (non-hydrogen) atoms. The second kappa shape index (κ2) is 10.6. The summed E-state index contributed by atoms with van der Waals surface area (Å²) in [6.07, 6.45) is 1.25. The predicted molar refractivity (Wildman–Crippen MR) is 127 cm³/mol. The van der Waals surface area contributed by atoms with Crippen LogP contribution < -0.4 is 19.0 Å². The third-order valence-corrected chi connectivity index (χ3v) is 5.99. The lowest BCUT2D eigenvalue weighted by Crippen LogP contribution is -2.14. The van der Waals surface area contributed by atoms with E-state index in [9.17, 15) is 18.5 Å². The summed E-state index contributed by atoms with van der Waals surface area (Å²) in [5.74, 6) is 0.192. The van der Waals surface area contributed by atoms with E-state index in [2.05, 4.69) is 5.32 Å². The van der Waals surface area contributed by atoms with Crippen LogP contribution >= 0.6 is 0 Å². The average molecular weight is 479 g/mol. The number of nitrogens with one attached hydrogen (secondary N) is 1. The Hall–Kier alpha value is -4.29. The van der Waals surface area contributed by atoms with E-state index >= 15 is 0 Å². The number of methoxy groups -OCH3 is 2. The lowest BCUT2D eigenvalue weighted by molar-refractivity contribution is -0.112. The summed E-state index contributed by atoms with van der Waals surface area (Å²) < 4.78 is 41.2. The molecule has 0 saturated carbocycles. The minimum absolute atomic E-state index is 0.0337. The van der Waals surface area contributed by atoms with Crippen LogP contribution in [0.15, 0.2) is 77.2 Å². The van der Waals surface area contributed by atoms with Gasteiger partial charge < -0.3 is 19.0 Å². The number of rotatable bonds is 8. The van der Waals surface area contributed by atoms with Gasteiger partial charge in [-0.3, -0.25) is 4.79 Å². The molecule has 3 rings (SSSR count). The van der Waals surface area contributed by atoms with Crippen molar-refractivity contribution in [2.24, 2.45) is 0 Å². The number of aryl methyl sites for hydroxylation is 1. The molecule has 0 bridgehead atoms. The van der Waals surface area contributed by atoms with Crippen LogP contribution in [0.3, 0.4) is 0 Å². The third-order valence-electron chi connectivity index (χ3n) is 4.74. The molecule has 0 radical (unpaired) electrons. The molecule has 0 aromatic heterocycles. The Balaban J connectivity index is 1.93. The van der Waals surface area contributed by atoms with Gasteiger partial charge in [0.25, 0.3) is 5.91 Å². The Bertz CT molecular complexity index is 1360. The van der Waals surface area contributed by atoms with Crippen molar-refractivity contribution in [1.82, 2.24) is 0 Å². The van der Waals surface area contributed by atoms with Crippen molar-refractivity contribution in [3.8, 4) is 23.3 Å². The zero-order valence-electron chi connectivity index (χ0n) is 18.7. The molecule has 1 amide bonds. The van der Waals surface area contributed by atoms with Crippen LogP contribution in [-0.4, -0.2) is 28.5 Å². The fourth-order valence-corrected chi connectivity index (χ4v) is 3.83. The Morgan fingerprint density at radius 3 is 2.15 bits per heavy atom. The van der Waals surface area contributed by atoms with Gasteiger partial charge >= 0.3 is 10.1 Å². The van der Waals surface area contributed by atoms with Gasteiger partial charge in [0.1, 0.15) is 28.0 Å². The molecule has 0 aliphatic heterocycles. The highest BCUT2D eigenvalue weighted by atomic mass is 32.2. The molecule has 8 nitrogen and oxygen atoms in total. The highest BCUT2D eigenvalue weighted by Crippen LogP contribution is 2.30. The SMILES string of the molecule is COc1ccc(NC(=O)/C(C#N)=C/c2ccc(OC)cc2OS(=O)(=O)c2ccc(C)cc2)cc1. The first-order valence-corrected chi connectivity index (χ1v) is 11.4. The number of carbonyl (C=O) groups excluding carboxylic acids is 1. The Labute approximate surface area is 198 Å². The van der Waals surface area contributed by atoms with Gasteiger partial charge in [0.2, 0.25) is 0 Å². The summed E-state index contributed by atoms with van der Waals surface area (Å²) >= 11 is 0. The summed E-state index contributed by atoms with van der Waals surface area (Å²) in [7, 11) is -1.23. The van der Waals surface area contributed by atoms with Crippen molar-refractivity contribution in [1.29, 1.82) is 5.26 Å². The number of hydrogen-bond donors (Lipinski definition) is 1. The summed E-state index contributed by atoms with van der Waals surface area (Å²) in [4.78, 5) is 12.6. The highest BCUT2D eigenvalue weighted by Gasteiger charge is 2.20. The molecule has 0 aliphatic carbocycles. The smallest absolute Gasteiger partial charge is 0.339 e. The largest absolute Gasteiger partial charge is 0.497 e. The molecule has 0 saturated heterocycles. The van der Waals surface area contributed by atoms with E-state index in [-0.39, 0.29) is 21.8 Å². The van der Waals surface area contributed by atoms with E-state index in [1.54, 1.807) is 42.5 Å². The van der Waals surface area contributed by atoms with Crippen molar-refractivity contribution in [3.05, 3.63) is 83.4 Å². The lowest BCUT2D eigenvalue weighted by Gasteiger charge is -2.12. The molecule has 174 valence electrons. The maximum atomic E-state index is 12.8. The summed E-state index contributed by atoms with van der Waals surface area (Å²) in [5, 5.41) is 12.2. The number of benzene rings is 3. The van der Waals surface area contributed by atoms with E-state index in [0.29, 0.717) is 17.2 Å². The van der Waals surface area contributed by atoms with E-state index in [1.807, 2.05) is 13.0 Å². The minimum atomic E-state index is -4.18. The fraction of sp³-hybridized carbons (Fsp3) is 0.120. The first-order chi connectivity index (χ1) is 16.2. The van der Waals surface area contributed by atoms with Gasteiger partial charge in [-0.1, -0.05) is 17.7 Å². The van der Waals surface area contributed by atoms with Gasteiger partial charge in [-0.25, -0.2) is 0 Å². The third kappa shape index (κ3) is 5.94. The summed E-state index contributed by atoms with van der Waals surface area (Å²) in [6.45, 7) is 1.84. The molecule has 9 heteroatoms. The maximum Gasteiger partial charge on any atom is 0.339 e. The molecule has 0 spiro atoms. The van der Waals surface area contributed by atoms with Crippen LogP contribution in [0.1, 0.15) is 11.1 Å². The Morgan fingerprint density at radius 1 is 0.941 bits per heavy atom. The normalized spacial score (nSPS) is 11.3. The Morgan fingerprint density at radius 2 is 1.56 bits per heavy atom. The molecule has 0 fully saturated rings. The van der Waals surface area contributed by atoms with Crippen LogP contribution in [0, 0.1) is 18.3 Å². The van der Waals surface area contributed by atoms with Crippen LogP contribution in [0.4, 0.5) is 5.69 Å². The number of ether oxygens (including phenoxy) is 2. The van der Waals surface area contributed by atoms with Gasteiger partial charge in [-0.05, 0) is 61.5 Å². The molecular weight excluding hydrogens is 456 g/mol. The van der Waals surface area contributed by atoms with Gasteiger partial charge in [0.05, 0.1) is 14.2 Å². The number of nitriles is 1. The lowest BCUT2D eigenvalue weighted by atomic mass is 10.1. The van der Waals surface area contributed by atoms with E-state index in [1.165, 1.54) is 44.6 Å². The minimum Gasteiger partial charge on any atom is -0.497 e. The highest BCUT2D eigenvalue weighted by molar-refractivity contribution is 7.87. The van der Waals surface area contributed by atoms with Crippen molar-refractivity contribution in [2.75, 3.05) is 19.5 Å². The number of nitrogens with zero attached hydrogens (tertiary/aromatic N) is 1. The first kappa shape index (κ1) is 24.4. The summed E-state index contributed by atoms with van der Waals surface area (Å²) in [5.41, 5.74) is 1.31. The zero-order valence-corrected chi connectivity index (χ0v) is 19.5.